The van der Waals surface area contributed by atoms with Crippen LogP contribution in [0.25, 0.3) is 0 Å². The maximum absolute atomic E-state index is 11.7. The van der Waals surface area contributed by atoms with Crippen LogP contribution in [0, 0.1) is 0 Å². The second kappa shape index (κ2) is 13.1. The first kappa shape index (κ1) is 21.7. The first-order chi connectivity index (χ1) is 10.9. The molecule has 0 saturated heterocycles. The number of ether oxygens (including phenoxy) is 2. The van der Waals surface area contributed by atoms with Gasteiger partial charge in [0.15, 0.2) is 0 Å². The Bertz CT molecular complexity index is 381. The zero-order valence-electron chi connectivity index (χ0n) is 13.7. The lowest BCUT2D eigenvalue weighted by Crippen LogP contribution is -2.43. The van der Waals surface area contributed by atoms with Crippen molar-refractivity contribution in [2.24, 2.45) is 11.5 Å². The molecule has 0 aliphatic heterocycles. The Kier molecular flexibility index (Phi) is 12.4. The molecule has 2 unspecified atom stereocenters. The number of amides is 1. The molecule has 0 aliphatic rings. The summed E-state index contributed by atoms with van der Waals surface area (Å²) in [5.74, 6) is -0.356. The molecule has 2 atom stereocenters. The van der Waals surface area contributed by atoms with Gasteiger partial charge in [-0.1, -0.05) is 0 Å². The Labute approximate surface area is 141 Å². The number of nitrogens with two attached hydrogens (primary N) is 2. The number of unbranched alkanes of at least 4 members (excludes halogenated alkanes) is 1. The van der Waals surface area contributed by atoms with Crippen LogP contribution in [0.15, 0.2) is 0 Å². The lowest BCUT2D eigenvalue weighted by molar-refractivity contribution is -0.154. The number of nitrogens with one attached hydrogen (secondary N) is 1. The molecule has 5 N–H and O–H groups in total. The fourth-order valence-electron chi connectivity index (χ4n) is 1.58. The van der Waals surface area contributed by atoms with Gasteiger partial charge in [-0.05, 0) is 19.4 Å². The first-order valence-corrected chi connectivity index (χ1v) is 8.64. The fraction of sp³-hybridized carbons (Fsp3) is 0.786. The first-order valence-electron chi connectivity index (χ1n) is 7.48. The molecular weight excluding hydrogens is 322 g/mol. The Morgan fingerprint density at radius 2 is 1.83 bits per heavy atom. The number of hydrogen-bond acceptors (Lipinski definition) is 8. The number of thioether (sulfide) groups is 1. The van der Waals surface area contributed by atoms with Gasteiger partial charge in [0.1, 0.15) is 12.7 Å². The maximum Gasteiger partial charge on any atom is 0.303 e. The molecule has 0 heterocycles. The van der Waals surface area contributed by atoms with E-state index >= 15 is 0 Å². The third-order valence-electron chi connectivity index (χ3n) is 2.67. The van der Waals surface area contributed by atoms with Crippen LogP contribution in [0.2, 0.25) is 0 Å². The van der Waals surface area contributed by atoms with E-state index in [1.165, 1.54) is 25.6 Å². The molecule has 9 heteroatoms. The number of carbonyl (C=O) groups is 3. The van der Waals surface area contributed by atoms with Crippen LogP contribution in [0.5, 0.6) is 0 Å². The number of carbonyl (C=O) groups excluding carboxylic acids is 3. The topological polar surface area (TPSA) is 134 Å². The summed E-state index contributed by atoms with van der Waals surface area (Å²) in [6.07, 6.45) is 1.12. The molecule has 134 valence electrons. The average molecular weight is 349 g/mol. The molecule has 0 spiro atoms. The van der Waals surface area contributed by atoms with Gasteiger partial charge in [-0.2, -0.15) is 11.8 Å². The van der Waals surface area contributed by atoms with Crippen molar-refractivity contribution in [3.63, 3.8) is 0 Å². The van der Waals surface area contributed by atoms with Crippen LogP contribution < -0.4 is 16.8 Å². The second-order valence-electron chi connectivity index (χ2n) is 4.96. The Hall–Kier alpha value is -1.32. The molecule has 0 rings (SSSR count). The highest BCUT2D eigenvalue weighted by Crippen LogP contribution is 2.08. The van der Waals surface area contributed by atoms with E-state index in [0.717, 1.165) is 12.8 Å². The second-order valence-corrected chi connectivity index (χ2v) is 6.04. The van der Waals surface area contributed by atoms with Gasteiger partial charge in [-0.15, -0.1) is 0 Å². The SMILES string of the molecule is CC(=O)OCC(CSCC(N)C(=O)NCCCCN)OC(C)=O. The lowest BCUT2D eigenvalue weighted by atomic mass is 10.3. The largest absolute Gasteiger partial charge is 0.462 e. The molecule has 0 aliphatic carbocycles. The monoisotopic (exact) mass is 349 g/mol. The third kappa shape index (κ3) is 12.9. The van der Waals surface area contributed by atoms with Crippen molar-refractivity contribution in [2.45, 2.75) is 38.8 Å². The molecule has 8 nitrogen and oxygen atoms in total. The fourth-order valence-corrected chi connectivity index (χ4v) is 2.54. The summed E-state index contributed by atoms with van der Waals surface area (Å²) in [6, 6.07) is -0.649. The van der Waals surface area contributed by atoms with E-state index < -0.39 is 24.1 Å². The molecule has 0 radical (unpaired) electrons. The van der Waals surface area contributed by atoms with E-state index in [0.29, 0.717) is 24.6 Å². The smallest absolute Gasteiger partial charge is 0.303 e. The third-order valence-corrected chi connectivity index (χ3v) is 3.88. The van der Waals surface area contributed by atoms with Crippen molar-refractivity contribution < 1.29 is 23.9 Å². The molecule has 0 aromatic heterocycles. The van der Waals surface area contributed by atoms with Crippen LogP contribution in [0.4, 0.5) is 0 Å². The van der Waals surface area contributed by atoms with Gasteiger partial charge in [-0.3, -0.25) is 14.4 Å². The molecule has 0 saturated carbocycles. The van der Waals surface area contributed by atoms with E-state index in [2.05, 4.69) is 5.32 Å². The zero-order valence-corrected chi connectivity index (χ0v) is 14.5. The standard InChI is InChI=1S/C14H27N3O5S/c1-10(18)21-7-12(22-11(2)19)8-23-9-13(16)14(20)17-6-4-3-5-15/h12-13H,3-9,15-16H2,1-2H3,(H,17,20). The molecule has 23 heavy (non-hydrogen) atoms. The summed E-state index contributed by atoms with van der Waals surface area (Å²) < 4.78 is 9.88. The van der Waals surface area contributed by atoms with E-state index in [-0.39, 0.29) is 12.5 Å². The summed E-state index contributed by atoms with van der Waals surface area (Å²) in [4.78, 5) is 33.5. The van der Waals surface area contributed by atoms with Gasteiger partial charge < -0.3 is 26.3 Å². The van der Waals surface area contributed by atoms with Gasteiger partial charge in [0.25, 0.3) is 0 Å². The van der Waals surface area contributed by atoms with Gasteiger partial charge in [0, 0.05) is 31.9 Å². The van der Waals surface area contributed by atoms with Crippen LogP contribution in [-0.2, 0) is 23.9 Å². The van der Waals surface area contributed by atoms with Crippen LogP contribution >= 0.6 is 11.8 Å². The maximum atomic E-state index is 11.7. The van der Waals surface area contributed by atoms with E-state index in [4.69, 9.17) is 20.9 Å². The molecular formula is C14H27N3O5S. The summed E-state index contributed by atoms with van der Waals surface area (Å²) >= 11 is 1.36. The summed E-state index contributed by atoms with van der Waals surface area (Å²) in [5.41, 5.74) is 11.2. The van der Waals surface area contributed by atoms with Crippen LogP contribution in [0.3, 0.4) is 0 Å². The van der Waals surface area contributed by atoms with Crippen LogP contribution in [-0.4, -0.2) is 61.2 Å². The summed E-state index contributed by atoms with van der Waals surface area (Å²) in [6.45, 7) is 3.70. The predicted molar refractivity (Wildman–Crippen MR) is 88.8 cm³/mol. The molecule has 0 bridgehead atoms. The quantitative estimate of drug-likeness (QED) is 0.314. The van der Waals surface area contributed by atoms with Crippen molar-refractivity contribution in [3.05, 3.63) is 0 Å². The molecule has 0 fully saturated rings. The molecule has 0 aromatic carbocycles. The Morgan fingerprint density at radius 1 is 1.13 bits per heavy atom. The van der Waals surface area contributed by atoms with Crippen LogP contribution in [0.1, 0.15) is 26.7 Å². The highest BCUT2D eigenvalue weighted by Gasteiger charge is 2.17. The number of esters is 2. The minimum Gasteiger partial charge on any atom is -0.462 e. The Morgan fingerprint density at radius 3 is 2.39 bits per heavy atom. The van der Waals surface area contributed by atoms with Crippen molar-refractivity contribution in [1.82, 2.24) is 5.32 Å². The number of rotatable bonds is 12. The van der Waals surface area contributed by atoms with E-state index in [1.54, 1.807) is 0 Å². The highest BCUT2D eigenvalue weighted by molar-refractivity contribution is 7.99. The van der Waals surface area contributed by atoms with Crippen molar-refractivity contribution >= 4 is 29.6 Å². The minimum atomic E-state index is -0.649. The zero-order chi connectivity index (χ0) is 17.7. The van der Waals surface area contributed by atoms with Gasteiger partial charge >= 0.3 is 11.9 Å². The molecule has 1 amide bonds. The van der Waals surface area contributed by atoms with E-state index in [1.807, 2.05) is 0 Å². The number of hydrogen-bond donors (Lipinski definition) is 3. The average Bonchev–Trinajstić information content (AvgIpc) is 2.48. The summed E-state index contributed by atoms with van der Waals surface area (Å²) in [7, 11) is 0. The normalized spacial score (nSPS) is 13.0. The summed E-state index contributed by atoms with van der Waals surface area (Å²) in [5, 5.41) is 2.74. The van der Waals surface area contributed by atoms with Crippen molar-refractivity contribution in [3.8, 4) is 0 Å². The molecule has 0 aromatic rings. The van der Waals surface area contributed by atoms with Gasteiger partial charge in [0.05, 0.1) is 6.04 Å². The van der Waals surface area contributed by atoms with Crippen molar-refractivity contribution in [2.75, 3.05) is 31.2 Å². The van der Waals surface area contributed by atoms with Crippen molar-refractivity contribution in [1.29, 1.82) is 0 Å². The van der Waals surface area contributed by atoms with Gasteiger partial charge in [0.2, 0.25) is 5.91 Å². The van der Waals surface area contributed by atoms with Gasteiger partial charge in [-0.25, -0.2) is 0 Å². The highest BCUT2D eigenvalue weighted by atomic mass is 32.2. The minimum absolute atomic E-state index is 0.0115. The predicted octanol–water partition coefficient (Wildman–Crippen LogP) is -0.603. The Balaban J connectivity index is 4.02. The lowest BCUT2D eigenvalue weighted by Gasteiger charge is -2.17. The van der Waals surface area contributed by atoms with E-state index in [9.17, 15) is 14.4 Å².